The number of hydrogen-bond donors (Lipinski definition) is 1. The topological polar surface area (TPSA) is 21.3 Å². The molecule has 84 valence electrons. The van der Waals surface area contributed by atoms with Crippen LogP contribution in [-0.2, 0) is 6.42 Å². The van der Waals surface area contributed by atoms with Gasteiger partial charge in [-0.05, 0) is 37.1 Å². The lowest BCUT2D eigenvalue weighted by Gasteiger charge is -2.07. The van der Waals surface area contributed by atoms with Crippen LogP contribution in [0.4, 0.5) is 0 Å². The first-order valence-electron chi connectivity index (χ1n) is 5.79. The van der Waals surface area contributed by atoms with Crippen molar-refractivity contribution in [3.8, 4) is 5.75 Å². The molecule has 0 heterocycles. The summed E-state index contributed by atoms with van der Waals surface area (Å²) in [6.07, 6.45) is 2.25. The van der Waals surface area contributed by atoms with Crippen LogP contribution in [0.2, 0.25) is 0 Å². The van der Waals surface area contributed by atoms with Crippen molar-refractivity contribution in [3.63, 3.8) is 0 Å². The highest BCUT2D eigenvalue weighted by molar-refractivity contribution is 5.27. The van der Waals surface area contributed by atoms with E-state index in [0.717, 1.165) is 31.9 Å². The highest BCUT2D eigenvalue weighted by atomic mass is 16.5. The molecule has 0 amide bonds. The van der Waals surface area contributed by atoms with Crippen molar-refractivity contribution in [2.75, 3.05) is 19.7 Å². The third-order valence-corrected chi connectivity index (χ3v) is 2.31. The zero-order chi connectivity index (χ0) is 10.9. The molecule has 0 atom stereocenters. The molecule has 0 aliphatic carbocycles. The highest BCUT2D eigenvalue weighted by Gasteiger charge is 1.93. The van der Waals surface area contributed by atoms with Gasteiger partial charge in [0.1, 0.15) is 12.4 Å². The zero-order valence-corrected chi connectivity index (χ0v) is 9.75. The smallest absolute Gasteiger partial charge is 0.119 e. The minimum Gasteiger partial charge on any atom is -0.492 e. The van der Waals surface area contributed by atoms with Crippen LogP contribution in [-0.4, -0.2) is 19.7 Å². The maximum Gasteiger partial charge on any atom is 0.119 e. The SMILES string of the molecule is CCCNCCOc1ccc(CC)cc1. The molecule has 0 aliphatic rings. The van der Waals surface area contributed by atoms with E-state index in [2.05, 4.69) is 31.3 Å². The Kier molecular flexibility index (Phi) is 5.86. The zero-order valence-electron chi connectivity index (χ0n) is 9.75. The van der Waals surface area contributed by atoms with Gasteiger partial charge in [0, 0.05) is 6.54 Å². The van der Waals surface area contributed by atoms with Gasteiger partial charge in [0.15, 0.2) is 0 Å². The minimum absolute atomic E-state index is 0.742. The third kappa shape index (κ3) is 4.84. The summed E-state index contributed by atoms with van der Waals surface area (Å²) < 4.78 is 5.59. The Morgan fingerprint density at radius 2 is 1.80 bits per heavy atom. The van der Waals surface area contributed by atoms with Gasteiger partial charge in [-0.25, -0.2) is 0 Å². The van der Waals surface area contributed by atoms with E-state index in [-0.39, 0.29) is 0 Å². The van der Waals surface area contributed by atoms with Gasteiger partial charge in [0.2, 0.25) is 0 Å². The van der Waals surface area contributed by atoms with E-state index in [4.69, 9.17) is 4.74 Å². The first-order chi connectivity index (χ1) is 7.36. The van der Waals surface area contributed by atoms with Crippen LogP contribution < -0.4 is 10.1 Å². The van der Waals surface area contributed by atoms with Crippen LogP contribution in [0.1, 0.15) is 25.8 Å². The molecule has 0 spiro atoms. The molecule has 1 rings (SSSR count). The Morgan fingerprint density at radius 1 is 1.07 bits per heavy atom. The molecule has 2 nitrogen and oxygen atoms in total. The molecule has 0 fully saturated rings. The van der Waals surface area contributed by atoms with E-state index in [1.165, 1.54) is 12.0 Å². The monoisotopic (exact) mass is 207 g/mol. The normalized spacial score (nSPS) is 10.3. The molecule has 1 aromatic rings. The summed E-state index contributed by atoms with van der Waals surface area (Å²) in [7, 11) is 0. The number of hydrogen-bond acceptors (Lipinski definition) is 2. The molecule has 0 saturated heterocycles. The summed E-state index contributed by atoms with van der Waals surface area (Å²) in [6, 6.07) is 8.32. The molecule has 0 unspecified atom stereocenters. The molecule has 0 bridgehead atoms. The average Bonchev–Trinajstić information content (AvgIpc) is 2.30. The van der Waals surface area contributed by atoms with E-state index in [1.807, 2.05) is 12.1 Å². The van der Waals surface area contributed by atoms with Crippen molar-refractivity contribution < 1.29 is 4.74 Å². The second-order valence-electron chi connectivity index (χ2n) is 3.60. The van der Waals surface area contributed by atoms with Crippen LogP contribution in [0.3, 0.4) is 0 Å². The van der Waals surface area contributed by atoms with Gasteiger partial charge in [0.25, 0.3) is 0 Å². The van der Waals surface area contributed by atoms with Crippen LogP contribution >= 0.6 is 0 Å². The second-order valence-corrected chi connectivity index (χ2v) is 3.60. The van der Waals surface area contributed by atoms with E-state index in [9.17, 15) is 0 Å². The first-order valence-corrected chi connectivity index (χ1v) is 5.79. The molecule has 0 saturated carbocycles. The molecular formula is C13H21NO. The van der Waals surface area contributed by atoms with E-state index in [1.54, 1.807) is 0 Å². The molecule has 1 N–H and O–H groups in total. The summed E-state index contributed by atoms with van der Waals surface area (Å²) in [5.74, 6) is 0.963. The Balaban J connectivity index is 2.20. The summed E-state index contributed by atoms with van der Waals surface area (Å²) >= 11 is 0. The van der Waals surface area contributed by atoms with Gasteiger partial charge in [-0.2, -0.15) is 0 Å². The van der Waals surface area contributed by atoms with Crippen molar-refractivity contribution in [3.05, 3.63) is 29.8 Å². The number of nitrogens with one attached hydrogen (secondary N) is 1. The Morgan fingerprint density at radius 3 is 2.40 bits per heavy atom. The van der Waals surface area contributed by atoms with Gasteiger partial charge >= 0.3 is 0 Å². The van der Waals surface area contributed by atoms with Gasteiger partial charge in [-0.15, -0.1) is 0 Å². The number of ether oxygens (including phenoxy) is 1. The lowest BCUT2D eigenvalue weighted by Crippen LogP contribution is -2.21. The predicted octanol–water partition coefficient (Wildman–Crippen LogP) is 2.63. The standard InChI is InChI=1S/C13H21NO/c1-3-9-14-10-11-15-13-7-5-12(4-2)6-8-13/h5-8,14H,3-4,9-11H2,1-2H3. The maximum absolute atomic E-state index is 5.59. The minimum atomic E-state index is 0.742. The summed E-state index contributed by atoms with van der Waals surface area (Å²) in [6.45, 7) is 7.05. The lowest BCUT2D eigenvalue weighted by molar-refractivity contribution is 0.314. The maximum atomic E-state index is 5.59. The Labute approximate surface area is 92.6 Å². The van der Waals surface area contributed by atoms with Gasteiger partial charge < -0.3 is 10.1 Å². The molecule has 2 heteroatoms. The number of aryl methyl sites for hydroxylation is 1. The third-order valence-electron chi connectivity index (χ3n) is 2.31. The fraction of sp³-hybridized carbons (Fsp3) is 0.538. The molecule has 15 heavy (non-hydrogen) atoms. The largest absolute Gasteiger partial charge is 0.492 e. The van der Waals surface area contributed by atoms with Crippen LogP contribution in [0.25, 0.3) is 0 Å². The quantitative estimate of drug-likeness (QED) is 0.694. The van der Waals surface area contributed by atoms with Crippen molar-refractivity contribution in [2.24, 2.45) is 0 Å². The Hall–Kier alpha value is -1.02. The van der Waals surface area contributed by atoms with Crippen molar-refractivity contribution >= 4 is 0 Å². The molecule has 0 aliphatic heterocycles. The highest BCUT2D eigenvalue weighted by Crippen LogP contribution is 2.11. The number of rotatable bonds is 7. The summed E-state index contributed by atoms with van der Waals surface area (Å²) in [5, 5.41) is 3.30. The van der Waals surface area contributed by atoms with Gasteiger partial charge in [-0.1, -0.05) is 26.0 Å². The van der Waals surface area contributed by atoms with Crippen molar-refractivity contribution in [1.29, 1.82) is 0 Å². The number of benzene rings is 1. The molecule has 0 aromatic heterocycles. The Bertz CT molecular complexity index is 256. The average molecular weight is 207 g/mol. The second kappa shape index (κ2) is 7.30. The van der Waals surface area contributed by atoms with E-state index >= 15 is 0 Å². The van der Waals surface area contributed by atoms with Gasteiger partial charge in [-0.3, -0.25) is 0 Å². The summed E-state index contributed by atoms with van der Waals surface area (Å²) in [4.78, 5) is 0. The van der Waals surface area contributed by atoms with Gasteiger partial charge in [0.05, 0.1) is 0 Å². The van der Waals surface area contributed by atoms with Crippen LogP contribution in [0, 0.1) is 0 Å². The fourth-order valence-corrected chi connectivity index (χ4v) is 1.36. The van der Waals surface area contributed by atoms with Crippen LogP contribution in [0.15, 0.2) is 24.3 Å². The predicted molar refractivity (Wildman–Crippen MR) is 64.5 cm³/mol. The van der Waals surface area contributed by atoms with Crippen molar-refractivity contribution in [2.45, 2.75) is 26.7 Å². The first kappa shape index (κ1) is 12.1. The molecule has 0 radical (unpaired) electrons. The molecule has 1 aromatic carbocycles. The molecular weight excluding hydrogens is 186 g/mol. The van der Waals surface area contributed by atoms with E-state index < -0.39 is 0 Å². The fourth-order valence-electron chi connectivity index (χ4n) is 1.36. The summed E-state index contributed by atoms with van der Waals surface area (Å²) in [5.41, 5.74) is 1.35. The van der Waals surface area contributed by atoms with Crippen molar-refractivity contribution in [1.82, 2.24) is 5.32 Å². The van der Waals surface area contributed by atoms with Crippen LogP contribution in [0.5, 0.6) is 5.75 Å². The van der Waals surface area contributed by atoms with E-state index in [0.29, 0.717) is 0 Å². The lowest BCUT2D eigenvalue weighted by atomic mass is 10.2.